The average molecular weight is 316 g/mol. The molecular weight excluding hydrogens is 302 g/mol. The van der Waals surface area contributed by atoms with Gasteiger partial charge in [-0.1, -0.05) is 17.7 Å². The van der Waals surface area contributed by atoms with E-state index in [4.69, 9.17) is 21.1 Å². The van der Waals surface area contributed by atoms with Crippen LogP contribution < -0.4 is 9.47 Å². The fraction of sp³-hybridized carbons (Fsp3) is 0.125. The molecule has 0 unspecified atom stereocenters. The summed E-state index contributed by atoms with van der Waals surface area (Å²) >= 11 is 6.05. The third-order valence-electron chi connectivity index (χ3n) is 3.24. The second kappa shape index (κ2) is 6.07. The van der Waals surface area contributed by atoms with Crippen molar-refractivity contribution in [2.24, 2.45) is 0 Å². The highest BCUT2D eigenvalue weighted by Crippen LogP contribution is 2.32. The largest absolute Gasteiger partial charge is 0.493 e. The molecule has 22 heavy (non-hydrogen) atoms. The van der Waals surface area contributed by atoms with E-state index in [2.05, 4.69) is 10.1 Å². The van der Waals surface area contributed by atoms with E-state index in [1.54, 1.807) is 18.9 Å². The molecule has 0 aliphatic rings. The molecule has 0 saturated heterocycles. The molecule has 0 aliphatic carbocycles. The Labute approximate surface area is 133 Å². The molecule has 0 radical (unpaired) electrons. The van der Waals surface area contributed by atoms with Crippen molar-refractivity contribution >= 4 is 11.6 Å². The Morgan fingerprint density at radius 3 is 2.55 bits per heavy atom. The van der Waals surface area contributed by atoms with E-state index in [-0.39, 0.29) is 0 Å². The van der Waals surface area contributed by atoms with Gasteiger partial charge in [-0.25, -0.2) is 9.67 Å². The standard InChI is InChI=1S/C16H14ClN3O2/c1-21-14-7-6-11(8-15(14)22-2)16-18-10-19-20(16)13-5-3-4-12(17)9-13/h3-10H,1-2H3. The molecule has 1 heterocycles. The lowest BCUT2D eigenvalue weighted by atomic mass is 10.2. The third kappa shape index (κ3) is 2.63. The monoisotopic (exact) mass is 315 g/mol. The van der Waals surface area contributed by atoms with Crippen LogP contribution in [0.1, 0.15) is 0 Å². The number of hydrogen-bond donors (Lipinski definition) is 0. The summed E-state index contributed by atoms with van der Waals surface area (Å²) in [4.78, 5) is 4.34. The van der Waals surface area contributed by atoms with Gasteiger partial charge in [0.2, 0.25) is 0 Å². The first-order valence-corrected chi connectivity index (χ1v) is 6.99. The van der Waals surface area contributed by atoms with Crippen molar-refractivity contribution in [1.82, 2.24) is 14.8 Å². The number of nitrogens with zero attached hydrogens (tertiary/aromatic N) is 3. The van der Waals surface area contributed by atoms with E-state index in [0.717, 1.165) is 11.3 Å². The Hall–Kier alpha value is -2.53. The second-order valence-corrected chi connectivity index (χ2v) is 4.98. The number of halogens is 1. The van der Waals surface area contributed by atoms with Crippen LogP contribution in [-0.4, -0.2) is 29.0 Å². The number of methoxy groups -OCH3 is 2. The normalized spacial score (nSPS) is 10.5. The maximum Gasteiger partial charge on any atom is 0.163 e. The van der Waals surface area contributed by atoms with Crippen LogP contribution in [0.5, 0.6) is 11.5 Å². The van der Waals surface area contributed by atoms with Gasteiger partial charge in [-0.15, -0.1) is 0 Å². The zero-order valence-corrected chi connectivity index (χ0v) is 12.9. The molecule has 3 rings (SSSR count). The van der Waals surface area contributed by atoms with Crippen LogP contribution in [0.25, 0.3) is 17.1 Å². The molecule has 0 N–H and O–H groups in total. The van der Waals surface area contributed by atoms with Crippen LogP contribution in [0.2, 0.25) is 5.02 Å². The molecule has 1 aromatic heterocycles. The molecule has 0 spiro atoms. The van der Waals surface area contributed by atoms with Gasteiger partial charge in [0, 0.05) is 10.6 Å². The fourth-order valence-electron chi connectivity index (χ4n) is 2.21. The van der Waals surface area contributed by atoms with Gasteiger partial charge in [0.05, 0.1) is 19.9 Å². The summed E-state index contributed by atoms with van der Waals surface area (Å²) in [6.45, 7) is 0. The Morgan fingerprint density at radius 2 is 1.82 bits per heavy atom. The number of hydrogen-bond acceptors (Lipinski definition) is 4. The molecule has 0 atom stereocenters. The first-order valence-electron chi connectivity index (χ1n) is 6.61. The number of rotatable bonds is 4. The van der Waals surface area contributed by atoms with Crippen LogP contribution in [0.4, 0.5) is 0 Å². The Balaban J connectivity index is 2.09. The summed E-state index contributed by atoms with van der Waals surface area (Å²) in [5, 5.41) is 4.92. The maximum atomic E-state index is 6.05. The highest BCUT2D eigenvalue weighted by molar-refractivity contribution is 6.30. The van der Waals surface area contributed by atoms with Crippen molar-refractivity contribution in [3.8, 4) is 28.6 Å². The predicted molar refractivity (Wildman–Crippen MR) is 84.9 cm³/mol. The predicted octanol–water partition coefficient (Wildman–Crippen LogP) is 3.60. The smallest absolute Gasteiger partial charge is 0.163 e. The number of ether oxygens (including phenoxy) is 2. The molecular formula is C16H14ClN3O2. The number of benzene rings is 2. The zero-order chi connectivity index (χ0) is 15.5. The van der Waals surface area contributed by atoms with Gasteiger partial charge in [0.15, 0.2) is 17.3 Å². The fourth-order valence-corrected chi connectivity index (χ4v) is 2.40. The minimum Gasteiger partial charge on any atom is -0.493 e. The van der Waals surface area contributed by atoms with Crippen molar-refractivity contribution in [2.75, 3.05) is 14.2 Å². The lowest BCUT2D eigenvalue weighted by molar-refractivity contribution is 0.355. The van der Waals surface area contributed by atoms with E-state index in [1.807, 2.05) is 42.5 Å². The Kier molecular flexibility index (Phi) is 3.98. The average Bonchev–Trinajstić information content (AvgIpc) is 3.03. The third-order valence-corrected chi connectivity index (χ3v) is 3.48. The molecule has 6 heteroatoms. The molecule has 112 valence electrons. The lowest BCUT2D eigenvalue weighted by Gasteiger charge is -2.10. The zero-order valence-electron chi connectivity index (χ0n) is 12.2. The summed E-state index contributed by atoms with van der Waals surface area (Å²) in [6, 6.07) is 13.1. The van der Waals surface area contributed by atoms with E-state index >= 15 is 0 Å². The number of aromatic nitrogens is 3. The van der Waals surface area contributed by atoms with Crippen molar-refractivity contribution in [3.63, 3.8) is 0 Å². The van der Waals surface area contributed by atoms with Gasteiger partial charge < -0.3 is 9.47 Å². The minimum atomic E-state index is 0.639. The summed E-state index contributed by atoms with van der Waals surface area (Å²) in [6.07, 6.45) is 1.51. The van der Waals surface area contributed by atoms with Gasteiger partial charge in [0.25, 0.3) is 0 Å². The van der Waals surface area contributed by atoms with E-state index in [0.29, 0.717) is 22.3 Å². The first kappa shape index (κ1) is 14.4. The van der Waals surface area contributed by atoms with Crippen LogP contribution in [0.15, 0.2) is 48.8 Å². The van der Waals surface area contributed by atoms with Gasteiger partial charge in [0.1, 0.15) is 6.33 Å². The molecule has 3 aromatic rings. The van der Waals surface area contributed by atoms with Gasteiger partial charge >= 0.3 is 0 Å². The van der Waals surface area contributed by atoms with Crippen LogP contribution >= 0.6 is 11.6 Å². The van der Waals surface area contributed by atoms with Crippen molar-refractivity contribution in [1.29, 1.82) is 0 Å². The van der Waals surface area contributed by atoms with Crippen LogP contribution in [0.3, 0.4) is 0 Å². The van der Waals surface area contributed by atoms with E-state index in [1.165, 1.54) is 6.33 Å². The van der Waals surface area contributed by atoms with Gasteiger partial charge in [-0.3, -0.25) is 0 Å². The Morgan fingerprint density at radius 1 is 1.00 bits per heavy atom. The van der Waals surface area contributed by atoms with Crippen molar-refractivity contribution in [2.45, 2.75) is 0 Å². The summed E-state index contributed by atoms with van der Waals surface area (Å²) in [5.74, 6) is 2.00. The molecule has 0 saturated carbocycles. The van der Waals surface area contributed by atoms with Gasteiger partial charge in [-0.05, 0) is 36.4 Å². The molecule has 0 aliphatic heterocycles. The summed E-state index contributed by atoms with van der Waals surface area (Å²) < 4.78 is 12.3. The SMILES string of the molecule is COc1ccc(-c2ncnn2-c2cccc(Cl)c2)cc1OC. The summed E-state index contributed by atoms with van der Waals surface area (Å²) in [7, 11) is 3.20. The second-order valence-electron chi connectivity index (χ2n) is 4.55. The van der Waals surface area contributed by atoms with Gasteiger partial charge in [-0.2, -0.15) is 5.10 Å². The quantitative estimate of drug-likeness (QED) is 0.738. The molecule has 5 nitrogen and oxygen atoms in total. The van der Waals surface area contributed by atoms with Crippen LogP contribution in [0, 0.1) is 0 Å². The summed E-state index contributed by atoms with van der Waals surface area (Å²) in [5.41, 5.74) is 1.71. The van der Waals surface area contributed by atoms with Crippen molar-refractivity contribution < 1.29 is 9.47 Å². The lowest BCUT2D eigenvalue weighted by Crippen LogP contribution is -2.00. The topological polar surface area (TPSA) is 49.2 Å². The van der Waals surface area contributed by atoms with Crippen LogP contribution in [-0.2, 0) is 0 Å². The highest BCUT2D eigenvalue weighted by Gasteiger charge is 2.12. The Bertz CT molecular complexity index is 802. The maximum absolute atomic E-state index is 6.05. The minimum absolute atomic E-state index is 0.639. The molecule has 0 amide bonds. The molecule has 0 fully saturated rings. The molecule has 0 bridgehead atoms. The van der Waals surface area contributed by atoms with Crippen molar-refractivity contribution in [3.05, 3.63) is 53.8 Å². The van der Waals surface area contributed by atoms with E-state index < -0.39 is 0 Å². The highest BCUT2D eigenvalue weighted by atomic mass is 35.5. The molecule has 2 aromatic carbocycles. The first-order chi connectivity index (χ1) is 10.7. The van der Waals surface area contributed by atoms with E-state index in [9.17, 15) is 0 Å².